The zero-order valence-electron chi connectivity index (χ0n) is 17.3. The Hall–Kier alpha value is -3.04. The van der Waals surface area contributed by atoms with Crippen LogP contribution in [-0.4, -0.2) is 23.2 Å². The molecule has 2 heterocycles. The third-order valence-corrected chi connectivity index (χ3v) is 7.39. The maximum atomic E-state index is 12.8. The highest BCUT2D eigenvalue weighted by Crippen LogP contribution is 2.36. The van der Waals surface area contributed by atoms with Gasteiger partial charge in [-0.1, -0.05) is 65.1 Å². The van der Waals surface area contributed by atoms with Crippen molar-refractivity contribution in [3.8, 4) is 0 Å². The van der Waals surface area contributed by atoms with E-state index in [-0.39, 0.29) is 10.8 Å². The largest absolute Gasteiger partial charge is 0.324 e. The standard InChI is InChI=1S/C23H16Cl3N5O2S/c24-15-7-5-14(6-8-15)20-13-21(18-3-1-2-4-19(18)26)31-23(27-20)28-22(29-31)30-34(32,33)17-11-9-16(25)10-12-17/h1-13,21H,(H2,27,28,29,30). The molecule has 11 heteroatoms. The summed E-state index contributed by atoms with van der Waals surface area (Å²) in [4.78, 5) is 4.43. The van der Waals surface area contributed by atoms with Crippen LogP contribution in [0, 0.1) is 0 Å². The van der Waals surface area contributed by atoms with Crippen LogP contribution in [0.15, 0.2) is 83.8 Å². The molecule has 0 saturated carbocycles. The second-order valence-corrected chi connectivity index (χ2v) is 10.4. The van der Waals surface area contributed by atoms with Crippen LogP contribution >= 0.6 is 34.8 Å². The van der Waals surface area contributed by atoms with E-state index in [0.717, 1.165) is 16.8 Å². The van der Waals surface area contributed by atoms with Gasteiger partial charge in [0.25, 0.3) is 16.0 Å². The molecule has 0 spiro atoms. The molecule has 4 aromatic rings. The molecule has 1 aliphatic heterocycles. The molecular formula is C23H16Cl3N5O2S. The molecule has 0 aliphatic carbocycles. The number of rotatable bonds is 5. The van der Waals surface area contributed by atoms with Gasteiger partial charge in [-0.2, -0.15) is 4.98 Å². The summed E-state index contributed by atoms with van der Waals surface area (Å²) in [6.45, 7) is 0. The Morgan fingerprint density at radius 3 is 2.21 bits per heavy atom. The molecule has 34 heavy (non-hydrogen) atoms. The van der Waals surface area contributed by atoms with Crippen LogP contribution < -0.4 is 10.0 Å². The van der Waals surface area contributed by atoms with Crippen LogP contribution in [0.4, 0.5) is 11.9 Å². The molecule has 1 atom stereocenters. The summed E-state index contributed by atoms with van der Waals surface area (Å²) in [6, 6.07) is 20.1. The van der Waals surface area contributed by atoms with E-state index < -0.39 is 16.1 Å². The fourth-order valence-electron chi connectivity index (χ4n) is 3.56. The highest BCUT2D eigenvalue weighted by Gasteiger charge is 2.28. The third kappa shape index (κ3) is 4.50. The Balaban J connectivity index is 1.55. The van der Waals surface area contributed by atoms with E-state index >= 15 is 0 Å². The van der Waals surface area contributed by atoms with Gasteiger partial charge >= 0.3 is 0 Å². The SMILES string of the molecule is O=S(=O)(Nc1nc2n(n1)C(c1ccccc1Cl)C=C(c1ccc(Cl)cc1)N2)c1ccc(Cl)cc1. The van der Waals surface area contributed by atoms with E-state index in [2.05, 4.69) is 20.1 Å². The number of hydrogen-bond acceptors (Lipinski definition) is 5. The lowest BCUT2D eigenvalue weighted by Crippen LogP contribution is -2.20. The summed E-state index contributed by atoms with van der Waals surface area (Å²) in [6.07, 6.45) is 1.95. The van der Waals surface area contributed by atoms with Crippen LogP contribution in [0.1, 0.15) is 17.2 Å². The molecule has 1 aromatic heterocycles. The molecule has 0 bridgehead atoms. The number of nitrogens with zero attached hydrogens (tertiary/aromatic N) is 3. The molecule has 1 aliphatic rings. The first-order valence-corrected chi connectivity index (χ1v) is 12.7. The van der Waals surface area contributed by atoms with Gasteiger partial charge in [0.05, 0.1) is 4.90 Å². The lowest BCUT2D eigenvalue weighted by Gasteiger charge is -2.24. The monoisotopic (exact) mass is 531 g/mol. The summed E-state index contributed by atoms with van der Waals surface area (Å²) in [5, 5.41) is 9.24. The molecule has 3 aromatic carbocycles. The second-order valence-electron chi connectivity index (χ2n) is 7.44. The van der Waals surface area contributed by atoms with Gasteiger partial charge in [-0.05, 0) is 59.7 Å². The topological polar surface area (TPSA) is 88.9 Å². The van der Waals surface area contributed by atoms with Gasteiger partial charge in [0.2, 0.25) is 5.95 Å². The van der Waals surface area contributed by atoms with Crippen molar-refractivity contribution < 1.29 is 8.42 Å². The minimum atomic E-state index is -3.92. The van der Waals surface area contributed by atoms with Gasteiger partial charge in [0.15, 0.2) is 0 Å². The highest BCUT2D eigenvalue weighted by atomic mass is 35.5. The molecule has 7 nitrogen and oxygen atoms in total. The van der Waals surface area contributed by atoms with Gasteiger partial charge in [0.1, 0.15) is 6.04 Å². The number of allylic oxidation sites excluding steroid dienone is 1. The van der Waals surface area contributed by atoms with Crippen LogP contribution in [0.5, 0.6) is 0 Å². The maximum Gasteiger partial charge on any atom is 0.264 e. The fourth-order valence-corrected chi connectivity index (χ4v) is 5.00. The minimum Gasteiger partial charge on any atom is -0.324 e. The molecule has 2 N–H and O–H groups in total. The predicted octanol–water partition coefficient (Wildman–Crippen LogP) is 6.10. The Labute approximate surface area is 211 Å². The normalized spacial score (nSPS) is 15.3. The van der Waals surface area contributed by atoms with Crippen molar-refractivity contribution in [2.24, 2.45) is 0 Å². The van der Waals surface area contributed by atoms with Gasteiger partial charge in [-0.3, -0.25) is 0 Å². The van der Waals surface area contributed by atoms with Crippen molar-refractivity contribution in [1.82, 2.24) is 14.8 Å². The molecule has 0 fully saturated rings. The Morgan fingerprint density at radius 1 is 0.882 bits per heavy atom. The van der Waals surface area contributed by atoms with Crippen LogP contribution in [0.2, 0.25) is 15.1 Å². The average Bonchev–Trinajstić information content (AvgIpc) is 3.21. The van der Waals surface area contributed by atoms with Crippen molar-refractivity contribution in [3.05, 3.63) is 105 Å². The summed E-state index contributed by atoms with van der Waals surface area (Å²) < 4.78 is 29.7. The zero-order chi connectivity index (χ0) is 23.9. The van der Waals surface area contributed by atoms with Crippen molar-refractivity contribution in [3.63, 3.8) is 0 Å². The molecule has 0 saturated heterocycles. The van der Waals surface area contributed by atoms with Crippen LogP contribution in [-0.2, 0) is 10.0 Å². The highest BCUT2D eigenvalue weighted by molar-refractivity contribution is 7.92. The predicted molar refractivity (Wildman–Crippen MR) is 135 cm³/mol. The number of halogens is 3. The number of aromatic nitrogens is 3. The maximum absolute atomic E-state index is 12.8. The molecular weight excluding hydrogens is 517 g/mol. The lowest BCUT2D eigenvalue weighted by atomic mass is 10.0. The fraction of sp³-hybridized carbons (Fsp3) is 0.0435. The van der Waals surface area contributed by atoms with Gasteiger partial charge in [-0.15, -0.1) is 5.10 Å². The first-order valence-electron chi connectivity index (χ1n) is 10.0. The van der Waals surface area contributed by atoms with E-state index in [1.165, 1.54) is 24.3 Å². The second kappa shape index (κ2) is 8.96. The summed E-state index contributed by atoms with van der Waals surface area (Å²) >= 11 is 18.4. The Bertz CT molecular complexity index is 1500. The average molecular weight is 533 g/mol. The molecule has 1 unspecified atom stereocenters. The smallest absolute Gasteiger partial charge is 0.264 e. The number of hydrogen-bond donors (Lipinski definition) is 2. The molecule has 172 valence electrons. The summed E-state index contributed by atoms with van der Waals surface area (Å²) in [5.74, 6) is 0.270. The van der Waals surface area contributed by atoms with Crippen molar-refractivity contribution in [1.29, 1.82) is 0 Å². The van der Waals surface area contributed by atoms with Gasteiger partial charge in [-0.25, -0.2) is 17.8 Å². The molecule has 5 rings (SSSR count). The number of sulfonamides is 1. The van der Waals surface area contributed by atoms with Crippen molar-refractivity contribution in [2.45, 2.75) is 10.9 Å². The minimum absolute atomic E-state index is 0.0419. The first kappa shape index (κ1) is 22.7. The summed E-state index contributed by atoms with van der Waals surface area (Å²) in [5.41, 5.74) is 2.42. The number of anilines is 2. The first-order chi connectivity index (χ1) is 16.3. The quantitative estimate of drug-likeness (QED) is 0.324. The van der Waals surface area contributed by atoms with E-state index in [9.17, 15) is 8.42 Å². The van der Waals surface area contributed by atoms with E-state index in [0.29, 0.717) is 21.0 Å². The van der Waals surface area contributed by atoms with Crippen molar-refractivity contribution in [2.75, 3.05) is 10.0 Å². The lowest BCUT2D eigenvalue weighted by molar-refractivity contribution is 0.598. The Morgan fingerprint density at radius 2 is 1.53 bits per heavy atom. The number of fused-ring (bicyclic) bond motifs is 1. The summed E-state index contributed by atoms with van der Waals surface area (Å²) in [7, 11) is -3.92. The van der Waals surface area contributed by atoms with Crippen LogP contribution in [0.25, 0.3) is 5.70 Å². The van der Waals surface area contributed by atoms with Crippen molar-refractivity contribution >= 4 is 62.4 Å². The third-order valence-electron chi connectivity index (χ3n) is 5.19. The van der Waals surface area contributed by atoms with Gasteiger partial charge in [0, 0.05) is 20.8 Å². The van der Waals surface area contributed by atoms with E-state index in [1.807, 2.05) is 36.4 Å². The zero-order valence-corrected chi connectivity index (χ0v) is 20.4. The number of benzene rings is 3. The van der Waals surface area contributed by atoms with E-state index in [4.69, 9.17) is 34.8 Å². The number of nitrogens with one attached hydrogen (secondary N) is 2. The Kier molecular flexibility index (Phi) is 5.99. The molecule has 0 radical (unpaired) electrons. The molecule has 0 amide bonds. The van der Waals surface area contributed by atoms with Gasteiger partial charge < -0.3 is 5.32 Å². The van der Waals surface area contributed by atoms with Crippen LogP contribution in [0.3, 0.4) is 0 Å². The van der Waals surface area contributed by atoms with E-state index in [1.54, 1.807) is 22.9 Å².